The summed E-state index contributed by atoms with van der Waals surface area (Å²) in [6.07, 6.45) is 2.13. The Morgan fingerprint density at radius 3 is 3.17 bits per heavy atom. The van der Waals surface area contributed by atoms with E-state index in [9.17, 15) is 0 Å². The van der Waals surface area contributed by atoms with Gasteiger partial charge in [-0.2, -0.15) is 0 Å². The Hall–Kier alpha value is -0.680. The molecular weight excluding hydrogens is 172 g/mol. The second-order valence-corrected chi connectivity index (χ2v) is 3.55. The molecule has 1 unspecified atom stereocenters. The highest BCUT2D eigenvalue weighted by Crippen LogP contribution is 2.11. The van der Waals surface area contributed by atoms with Crippen LogP contribution in [-0.4, -0.2) is 22.8 Å². The second-order valence-electron chi connectivity index (χ2n) is 2.72. The molecule has 0 aromatic carbocycles. The average Bonchev–Trinajstić information content (AvgIpc) is 2.53. The van der Waals surface area contributed by atoms with E-state index in [4.69, 9.17) is 5.73 Å². The highest BCUT2D eigenvalue weighted by Gasteiger charge is 2.02. The van der Waals surface area contributed by atoms with Gasteiger partial charge in [0.2, 0.25) is 5.13 Å². The lowest BCUT2D eigenvalue weighted by Gasteiger charge is -2.10. The van der Waals surface area contributed by atoms with Crippen LogP contribution in [0.2, 0.25) is 0 Å². The van der Waals surface area contributed by atoms with Crippen LogP contribution in [0.3, 0.4) is 0 Å². The first kappa shape index (κ1) is 9.41. The van der Waals surface area contributed by atoms with Crippen LogP contribution in [0.25, 0.3) is 0 Å². The van der Waals surface area contributed by atoms with Crippen molar-refractivity contribution in [3.8, 4) is 0 Å². The van der Waals surface area contributed by atoms with E-state index in [1.54, 1.807) is 5.51 Å². The molecule has 0 aliphatic heterocycles. The maximum atomic E-state index is 5.40. The van der Waals surface area contributed by atoms with Crippen molar-refractivity contribution >= 4 is 16.5 Å². The molecule has 0 fully saturated rings. The molecule has 0 amide bonds. The third-order valence-corrected chi connectivity index (χ3v) is 2.19. The van der Waals surface area contributed by atoms with Gasteiger partial charge in [-0.1, -0.05) is 11.3 Å². The van der Waals surface area contributed by atoms with Crippen LogP contribution < -0.4 is 11.1 Å². The van der Waals surface area contributed by atoms with Crippen LogP contribution in [0, 0.1) is 0 Å². The molecule has 1 aromatic rings. The molecule has 1 rings (SSSR count). The summed E-state index contributed by atoms with van der Waals surface area (Å²) in [5.41, 5.74) is 7.12. The fourth-order valence-electron chi connectivity index (χ4n) is 0.943. The van der Waals surface area contributed by atoms with Gasteiger partial charge in [-0.3, -0.25) is 0 Å². The highest BCUT2D eigenvalue weighted by molar-refractivity contribution is 7.13. The van der Waals surface area contributed by atoms with Gasteiger partial charge in [0, 0.05) is 6.04 Å². The summed E-state index contributed by atoms with van der Waals surface area (Å²) >= 11 is 1.52. The van der Waals surface area contributed by atoms with Gasteiger partial charge in [-0.05, 0) is 26.3 Å². The van der Waals surface area contributed by atoms with E-state index in [2.05, 4.69) is 22.4 Å². The largest absolute Gasteiger partial charge is 0.358 e. The Morgan fingerprint density at radius 2 is 2.58 bits per heavy atom. The Kier molecular flexibility index (Phi) is 3.96. The Bertz CT molecular complexity index is 199. The summed E-state index contributed by atoms with van der Waals surface area (Å²) in [5.74, 6) is 0. The lowest BCUT2D eigenvalue weighted by Crippen LogP contribution is -2.16. The number of anilines is 1. The summed E-state index contributed by atoms with van der Waals surface area (Å²) in [7, 11) is 0. The molecule has 68 valence electrons. The minimum Gasteiger partial charge on any atom is -0.358 e. The number of hydrogen-bond donors (Lipinski definition) is 2. The van der Waals surface area contributed by atoms with Crippen molar-refractivity contribution in [2.45, 2.75) is 25.8 Å². The zero-order valence-corrected chi connectivity index (χ0v) is 7.97. The van der Waals surface area contributed by atoms with Crippen molar-refractivity contribution in [2.75, 3.05) is 11.9 Å². The lowest BCUT2D eigenvalue weighted by molar-refractivity contribution is 0.661. The van der Waals surface area contributed by atoms with E-state index in [0.717, 1.165) is 24.5 Å². The molecule has 1 heterocycles. The summed E-state index contributed by atoms with van der Waals surface area (Å²) in [5, 5.41) is 11.8. The number of nitrogens with one attached hydrogen (secondary N) is 1. The summed E-state index contributed by atoms with van der Waals surface area (Å²) < 4.78 is 0. The lowest BCUT2D eigenvalue weighted by atomic mass is 10.2. The average molecular weight is 186 g/mol. The quantitative estimate of drug-likeness (QED) is 0.722. The molecule has 0 radical (unpaired) electrons. The fourth-order valence-corrected chi connectivity index (χ4v) is 1.50. The molecule has 12 heavy (non-hydrogen) atoms. The smallest absolute Gasteiger partial charge is 0.205 e. The van der Waals surface area contributed by atoms with E-state index in [1.165, 1.54) is 11.3 Å². The maximum absolute atomic E-state index is 5.40. The number of aromatic nitrogens is 2. The Balaban J connectivity index is 2.22. The topological polar surface area (TPSA) is 63.8 Å². The molecule has 0 saturated heterocycles. The number of hydrogen-bond acceptors (Lipinski definition) is 5. The van der Waals surface area contributed by atoms with Gasteiger partial charge >= 0.3 is 0 Å². The normalized spacial score (nSPS) is 12.8. The van der Waals surface area contributed by atoms with E-state index in [1.807, 2.05) is 0 Å². The Labute approximate surface area is 76.2 Å². The van der Waals surface area contributed by atoms with Gasteiger partial charge in [-0.25, -0.2) is 0 Å². The van der Waals surface area contributed by atoms with Crippen molar-refractivity contribution in [1.29, 1.82) is 0 Å². The van der Waals surface area contributed by atoms with Crippen LogP contribution in [0.5, 0.6) is 0 Å². The molecule has 0 aliphatic rings. The molecule has 1 aromatic heterocycles. The first-order valence-corrected chi connectivity index (χ1v) is 4.93. The van der Waals surface area contributed by atoms with Crippen LogP contribution in [-0.2, 0) is 0 Å². The molecule has 0 aliphatic carbocycles. The molecule has 0 spiro atoms. The molecule has 0 bridgehead atoms. The van der Waals surface area contributed by atoms with E-state index in [0.29, 0.717) is 6.04 Å². The molecule has 1 atom stereocenters. The zero-order chi connectivity index (χ0) is 8.81. The van der Waals surface area contributed by atoms with Crippen molar-refractivity contribution < 1.29 is 0 Å². The number of rotatable bonds is 5. The Morgan fingerprint density at radius 1 is 1.75 bits per heavy atom. The predicted molar refractivity (Wildman–Crippen MR) is 51.3 cm³/mol. The van der Waals surface area contributed by atoms with Crippen LogP contribution in [0.4, 0.5) is 5.13 Å². The van der Waals surface area contributed by atoms with Crippen molar-refractivity contribution in [2.24, 2.45) is 5.73 Å². The van der Waals surface area contributed by atoms with Crippen LogP contribution in [0.1, 0.15) is 19.8 Å². The minimum absolute atomic E-state index is 0.432. The molecule has 5 heteroatoms. The van der Waals surface area contributed by atoms with Gasteiger partial charge in [0.15, 0.2) is 0 Å². The SMILES string of the molecule is CC(CCCN)Nc1nncs1. The van der Waals surface area contributed by atoms with E-state index < -0.39 is 0 Å². The zero-order valence-electron chi connectivity index (χ0n) is 7.16. The number of nitrogens with two attached hydrogens (primary N) is 1. The van der Waals surface area contributed by atoms with Gasteiger partial charge in [0.25, 0.3) is 0 Å². The molecule has 3 N–H and O–H groups in total. The second kappa shape index (κ2) is 5.05. The van der Waals surface area contributed by atoms with Crippen molar-refractivity contribution in [3.63, 3.8) is 0 Å². The highest BCUT2D eigenvalue weighted by atomic mass is 32.1. The van der Waals surface area contributed by atoms with Crippen LogP contribution in [0.15, 0.2) is 5.51 Å². The van der Waals surface area contributed by atoms with Gasteiger partial charge in [0.05, 0.1) is 0 Å². The predicted octanol–water partition coefficient (Wildman–Crippen LogP) is 1.08. The molecule has 4 nitrogen and oxygen atoms in total. The summed E-state index contributed by atoms with van der Waals surface area (Å²) in [4.78, 5) is 0. The third kappa shape index (κ3) is 3.15. The van der Waals surface area contributed by atoms with Crippen LogP contribution >= 0.6 is 11.3 Å². The van der Waals surface area contributed by atoms with E-state index >= 15 is 0 Å². The minimum atomic E-state index is 0.432. The fraction of sp³-hybridized carbons (Fsp3) is 0.714. The summed E-state index contributed by atoms with van der Waals surface area (Å²) in [6, 6.07) is 0.432. The molecular formula is C7H14N4S. The first-order valence-electron chi connectivity index (χ1n) is 4.05. The van der Waals surface area contributed by atoms with Gasteiger partial charge in [0.1, 0.15) is 5.51 Å². The number of nitrogens with zero attached hydrogens (tertiary/aromatic N) is 2. The van der Waals surface area contributed by atoms with E-state index in [-0.39, 0.29) is 0 Å². The van der Waals surface area contributed by atoms with Gasteiger partial charge in [-0.15, -0.1) is 10.2 Å². The molecule has 0 saturated carbocycles. The third-order valence-electron chi connectivity index (χ3n) is 1.57. The first-order chi connectivity index (χ1) is 5.83. The standard InChI is InChI=1S/C7H14N4S/c1-6(3-2-4-8)10-7-11-9-5-12-7/h5-6H,2-4,8H2,1H3,(H,10,11). The summed E-state index contributed by atoms with van der Waals surface area (Å²) in [6.45, 7) is 2.87. The van der Waals surface area contributed by atoms with Crippen molar-refractivity contribution in [3.05, 3.63) is 5.51 Å². The van der Waals surface area contributed by atoms with Gasteiger partial charge < -0.3 is 11.1 Å². The maximum Gasteiger partial charge on any atom is 0.205 e. The van der Waals surface area contributed by atoms with Crippen molar-refractivity contribution in [1.82, 2.24) is 10.2 Å². The monoisotopic (exact) mass is 186 g/mol.